The number of hydrogen-bond donors (Lipinski definition) is 2. The van der Waals surface area contributed by atoms with Gasteiger partial charge in [-0.15, -0.1) is 11.3 Å². The lowest BCUT2D eigenvalue weighted by molar-refractivity contribution is 0.299. The molecule has 2 heterocycles. The Bertz CT molecular complexity index is 367. The Morgan fingerprint density at radius 2 is 2.41 bits per heavy atom. The van der Waals surface area contributed by atoms with Gasteiger partial charge in [0.1, 0.15) is 0 Å². The van der Waals surface area contributed by atoms with E-state index < -0.39 is 0 Å². The average molecular weight is 255 g/mol. The third-order valence-corrected chi connectivity index (χ3v) is 5.00. The molecule has 2 N–H and O–H groups in total. The normalized spacial score (nSPS) is 25.1. The zero-order chi connectivity index (χ0) is 12.3. The average Bonchev–Trinajstić information content (AvgIpc) is 2.73. The van der Waals surface area contributed by atoms with E-state index in [0.717, 1.165) is 19.4 Å². The largest absolute Gasteiger partial charge is 0.396 e. The number of piperidine rings is 1. The Balaban J connectivity index is 0.00000162. The molecule has 98 valence electrons. The van der Waals surface area contributed by atoms with E-state index in [-0.39, 0.29) is 8.03 Å². The summed E-state index contributed by atoms with van der Waals surface area (Å²) >= 11 is 1.90. The molecule has 0 aliphatic carbocycles. The Morgan fingerprint density at radius 1 is 1.59 bits per heavy atom. The number of rotatable bonds is 4. The predicted octanol–water partition coefficient (Wildman–Crippen LogP) is 2.95. The van der Waals surface area contributed by atoms with Crippen LogP contribution in [0.1, 0.15) is 49.4 Å². The van der Waals surface area contributed by atoms with Crippen LogP contribution in [0.5, 0.6) is 0 Å². The molecule has 0 radical (unpaired) electrons. The van der Waals surface area contributed by atoms with Crippen molar-refractivity contribution in [2.45, 2.75) is 51.5 Å². The third kappa shape index (κ3) is 3.09. The summed E-state index contributed by atoms with van der Waals surface area (Å²) in [6.45, 7) is 5.88. The van der Waals surface area contributed by atoms with Crippen LogP contribution in [0.25, 0.3) is 0 Å². The van der Waals surface area contributed by atoms with Gasteiger partial charge in [0.15, 0.2) is 0 Å². The van der Waals surface area contributed by atoms with Crippen LogP contribution in [0.4, 0.5) is 0 Å². The number of aliphatic hydroxyl groups is 1. The van der Waals surface area contributed by atoms with E-state index >= 15 is 0 Å². The molecule has 0 spiro atoms. The molecule has 1 aliphatic heterocycles. The third-order valence-electron chi connectivity index (χ3n) is 3.64. The van der Waals surface area contributed by atoms with Crippen molar-refractivity contribution in [1.29, 1.82) is 0 Å². The fraction of sp³-hybridized carbons (Fsp3) is 0.714. The Labute approximate surface area is 110 Å². The summed E-state index contributed by atoms with van der Waals surface area (Å²) in [5, 5.41) is 12.7. The van der Waals surface area contributed by atoms with Crippen molar-refractivity contribution in [3.05, 3.63) is 21.4 Å². The van der Waals surface area contributed by atoms with Crippen molar-refractivity contribution in [2.75, 3.05) is 13.2 Å². The van der Waals surface area contributed by atoms with Gasteiger partial charge in [0.2, 0.25) is 0 Å². The van der Waals surface area contributed by atoms with Crippen LogP contribution in [0, 0.1) is 0 Å². The van der Waals surface area contributed by atoms with Crippen molar-refractivity contribution in [3.8, 4) is 0 Å². The maximum atomic E-state index is 9.17. The van der Waals surface area contributed by atoms with Crippen LogP contribution in [-0.4, -0.2) is 24.3 Å². The zero-order valence-corrected chi connectivity index (χ0v) is 11.6. The second-order valence-electron chi connectivity index (χ2n) is 4.99. The topological polar surface area (TPSA) is 32.3 Å². The first-order chi connectivity index (χ1) is 8.24. The molecule has 0 aromatic carbocycles. The van der Waals surface area contributed by atoms with E-state index in [9.17, 15) is 5.11 Å². The Hall–Kier alpha value is -0.380. The van der Waals surface area contributed by atoms with Gasteiger partial charge in [-0.2, -0.15) is 0 Å². The summed E-state index contributed by atoms with van der Waals surface area (Å²) in [5.74, 6) is 0.698. The highest BCUT2D eigenvalue weighted by molar-refractivity contribution is 7.12. The first kappa shape index (κ1) is 13.1. The lowest BCUT2D eigenvalue weighted by Gasteiger charge is -2.28. The van der Waals surface area contributed by atoms with Crippen molar-refractivity contribution < 1.29 is 6.53 Å². The first-order valence-electron chi connectivity index (χ1n) is 6.70. The number of aliphatic hydroxyl groups excluding tert-OH is 1. The molecule has 2 atom stereocenters. The molecule has 1 aromatic heterocycles. The molecular formula is C14H25NOS. The molecule has 1 fully saturated rings. The minimum atomic E-state index is 0. The molecule has 2 rings (SSSR count). The van der Waals surface area contributed by atoms with Crippen LogP contribution in [-0.2, 0) is 12.8 Å². The fourth-order valence-electron chi connectivity index (χ4n) is 2.73. The number of aryl methyl sites for hydroxylation is 1. The lowest BCUT2D eigenvalue weighted by atomic mass is 9.86. The molecule has 1 aromatic rings. The molecule has 1 aliphatic rings. The van der Waals surface area contributed by atoms with Gasteiger partial charge in [0, 0.05) is 30.3 Å². The SMILES string of the molecule is CCc1cc(C2CCN[C@H](C)C2)c(CCO)s1.[HH]. The highest BCUT2D eigenvalue weighted by Gasteiger charge is 2.23. The minimum absolute atomic E-state index is 0. The summed E-state index contributed by atoms with van der Waals surface area (Å²) in [5.41, 5.74) is 1.52. The fourth-order valence-corrected chi connectivity index (χ4v) is 3.92. The lowest BCUT2D eigenvalue weighted by Crippen LogP contribution is -2.35. The van der Waals surface area contributed by atoms with Gasteiger partial charge in [-0.3, -0.25) is 0 Å². The van der Waals surface area contributed by atoms with Gasteiger partial charge in [0.25, 0.3) is 0 Å². The van der Waals surface area contributed by atoms with Crippen LogP contribution in [0.15, 0.2) is 6.07 Å². The Morgan fingerprint density at radius 3 is 3.06 bits per heavy atom. The second kappa shape index (κ2) is 5.98. The van der Waals surface area contributed by atoms with E-state index in [1.54, 1.807) is 0 Å². The summed E-state index contributed by atoms with van der Waals surface area (Å²) < 4.78 is 0. The second-order valence-corrected chi connectivity index (χ2v) is 6.22. The molecule has 1 unspecified atom stereocenters. The van der Waals surface area contributed by atoms with E-state index in [0.29, 0.717) is 12.0 Å². The van der Waals surface area contributed by atoms with Crippen LogP contribution >= 0.6 is 11.3 Å². The van der Waals surface area contributed by atoms with Gasteiger partial charge in [-0.25, -0.2) is 0 Å². The molecule has 0 amide bonds. The van der Waals surface area contributed by atoms with Gasteiger partial charge < -0.3 is 10.4 Å². The number of hydrogen-bond acceptors (Lipinski definition) is 3. The quantitative estimate of drug-likeness (QED) is 0.867. The summed E-state index contributed by atoms with van der Waals surface area (Å²) in [7, 11) is 0. The molecule has 3 heteroatoms. The van der Waals surface area contributed by atoms with Gasteiger partial charge in [0.05, 0.1) is 0 Å². The maximum absolute atomic E-state index is 9.17. The first-order valence-corrected chi connectivity index (χ1v) is 7.52. The maximum Gasteiger partial charge on any atom is 0.0479 e. The van der Waals surface area contributed by atoms with E-state index in [1.807, 2.05) is 11.3 Å². The zero-order valence-electron chi connectivity index (χ0n) is 10.8. The summed E-state index contributed by atoms with van der Waals surface area (Å²) in [4.78, 5) is 2.89. The van der Waals surface area contributed by atoms with Crippen LogP contribution < -0.4 is 5.32 Å². The van der Waals surface area contributed by atoms with Crippen molar-refractivity contribution in [1.82, 2.24) is 5.32 Å². The molecule has 0 bridgehead atoms. The van der Waals surface area contributed by atoms with E-state index in [1.165, 1.54) is 28.2 Å². The molecular weight excluding hydrogens is 230 g/mol. The minimum Gasteiger partial charge on any atom is -0.396 e. The van der Waals surface area contributed by atoms with Gasteiger partial charge >= 0.3 is 0 Å². The van der Waals surface area contributed by atoms with Crippen LogP contribution in [0.3, 0.4) is 0 Å². The summed E-state index contributed by atoms with van der Waals surface area (Å²) in [6.07, 6.45) is 4.42. The molecule has 1 saturated heterocycles. The monoisotopic (exact) mass is 255 g/mol. The van der Waals surface area contributed by atoms with E-state index in [2.05, 4.69) is 25.2 Å². The predicted molar refractivity (Wildman–Crippen MR) is 76.0 cm³/mol. The summed E-state index contributed by atoms with van der Waals surface area (Å²) in [6, 6.07) is 3.01. The molecule has 2 nitrogen and oxygen atoms in total. The smallest absolute Gasteiger partial charge is 0.0479 e. The van der Waals surface area contributed by atoms with E-state index in [4.69, 9.17) is 0 Å². The number of nitrogens with one attached hydrogen (secondary N) is 1. The van der Waals surface area contributed by atoms with Crippen molar-refractivity contribution in [2.24, 2.45) is 0 Å². The standard InChI is InChI=1S/C14H23NOS.H2/c1-3-12-9-13(14(17-12)5-7-16)11-4-6-15-10(2)8-11;/h9-11,15-16H,3-8H2,1-2H3;1H/t10-,11?;/m1./s1. The highest BCUT2D eigenvalue weighted by Crippen LogP contribution is 2.35. The van der Waals surface area contributed by atoms with Crippen molar-refractivity contribution in [3.63, 3.8) is 0 Å². The highest BCUT2D eigenvalue weighted by atomic mass is 32.1. The Kier molecular flexibility index (Phi) is 4.60. The molecule has 0 saturated carbocycles. The van der Waals surface area contributed by atoms with Crippen molar-refractivity contribution >= 4 is 11.3 Å². The van der Waals surface area contributed by atoms with Crippen LogP contribution in [0.2, 0.25) is 0 Å². The molecule has 17 heavy (non-hydrogen) atoms. The van der Waals surface area contributed by atoms with Gasteiger partial charge in [-0.05, 0) is 50.3 Å². The number of thiophene rings is 1. The van der Waals surface area contributed by atoms with Gasteiger partial charge in [-0.1, -0.05) is 6.92 Å².